The van der Waals surface area contributed by atoms with Gasteiger partial charge in [-0.2, -0.15) is 0 Å². The van der Waals surface area contributed by atoms with E-state index in [1.54, 1.807) is 0 Å². The van der Waals surface area contributed by atoms with Gasteiger partial charge < -0.3 is 10.4 Å². The van der Waals surface area contributed by atoms with Crippen LogP contribution in [-0.4, -0.2) is 17.8 Å². The topological polar surface area (TPSA) is 32.3 Å². The molecule has 21 heavy (non-hydrogen) atoms. The van der Waals surface area contributed by atoms with Crippen molar-refractivity contribution in [2.45, 2.75) is 70.4 Å². The monoisotopic (exact) mass is 289 g/mol. The normalized spacial score (nSPS) is 23.9. The summed E-state index contributed by atoms with van der Waals surface area (Å²) in [6, 6.07) is 11.3. The van der Waals surface area contributed by atoms with Crippen LogP contribution in [0.5, 0.6) is 0 Å². The second kappa shape index (κ2) is 9.22. The highest BCUT2D eigenvalue weighted by Crippen LogP contribution is 2.25. The summed E-state index contributed by atoms with van der Waals surface area (Å²) in [5.41, 5.74) is 1.41. The Hall–Kier alpha value is -0.860. The first-order chi connectivity index (χ1) is 10.3. The maximum absolute atomic E-state index is 9.81. The fourth-order valence-electron chi connectivity index (χ4n) is 3.43. The second-order valence-electron chi connectivity index (χ2n) is 6.55. The van der Waals surface area contributed by atoms with E-state index in [1.807, 2.05) is 0 Å². The average molecular weight is 289 g/mol. The Morgan fingerprint density at radius 3 is 2.71 bits per heavy atom. The summed E-state index contributed by atoms with van der Waals surface area (Å²) < 4.78 is 0. The van der Waals surface area contributed by atoms with E-state index >= 15 is 0 Å². The number of hydrogen-bond acceptors (Lipinski definition) is 2. The fourth-order valence-corrected chi connectivity index (χ4v) is 3.43. The average Bonchev–Trinajstić information content (AvgIpc) is 2.52. The van der Waals surface area contributed by atoms with Crippen molar-refractivity contribution < 1.29 is 5.11 Å². The standard InChI is InChI=1S/C19H31NO/c1-2-3-5-13-19(17-10-6-4-7-11-17)20-15-16-9-8-12-18(21)14-16/h4,6-7,10-11,16,18-21H,2-3,5,8-9,12-15H2,1H3. The zero-order valence-corrected chi connectivity index (χ0v) is 13.4. The Labute approximate surface area is 130 Å². The highest BCUT2D eigenvalue weighted by molar-refractivity contribution is 5.18. The van der Waals surface area contributed by atoms with Gasteiger partial charge in [0.2, 0.25) is 0 Å². The Morgan fingerprint density at radius 1 is 1.19 bits per heavy atom. The molecule has 1 saturated carbocycles. The minimum Gasteiger partial charge on any atom is -0.393 e. The molecule has 2 heteroatoms. The van der Waals surface area contributed by atoms with Gasteiger partial charge in [-0.3, -0.25) is 0 Å². The van der Waals surface area contributed by atoms with Crippen LogP contribution in [0.3, 0.4) is 0 Å². The summed E-state index contributed by atoms with van der Waals surface area (Å²) in [7, 11) is 0. The van der Waals surface area contributed by atoms with Gasteiger partial charge >= 0.3 is 0 Å². The Bertz CT molecular complexity index is 378. The van der Waals surface area contributed by atoms with Crippen LogP contribution in [0.15, 0.2) is 30.3 Å². The molecular weight excluding hydrogens is 258 g/mol. The van der Waals surface area contributed by atoms with Crippen molar-refractivity contribution >= 4 is 0 Å². The third-order valence-electron chi connectivity index (χ3n) is 4.71. The number of unbranched alkanes of at least 4 members (excludes halogenated alkanes) is 2. The van der Waals surface area contributed by atoms with E-state index in [2.05, 4.69) is 42.6 Å². The molecule has 0 amide bonds. The minimum atomic E-state index is -0.0687. The number of nitrogens with one attached hydrogen (secondary N) is 1. The zero-order chi connectivity index (χ0) is 14.9. The first kappa shape index (κ1) is 16.5. The number of hydrogen-bond donors (Lipinski definition) is 2. The lowest BCUT2D eigenvalue weighted by Gasteiger charge is -2.28. The summed E-state index contributed by atoms with van der Waals surface area (Å²) in [6.45, 7) is 3.30. The Kier molecular flexibility index (Phi) is 7.25. The molecule has 1 aliphatic rings. The molecule has 0 aromatic heterocycles. The molecule has 0 spiro atoms. The van der Waals surface area contributed by atoms with E-state index in [4.69, 9.17) is 0 Å². The summed E-state index contributed by atoms with van der Waals surface area (Å²) in [5.74, 6) is 0.645. The minimum absolute atomic E-state index is 0.0687. The molecule has 3 atom stereocenters. The fraction of sp³-hybridized carbons (Fsp3) is 0.684. The lowest BCUT2D eigenvalue weighted by atomic mass is 9.87. The van der Waals surface area contributed by atoms with E-state index in [0.717, 1.165) is 19.4 Å². The number of rotatable bonds is 8. The van der Waals surface area contributed by atoms with Crippen LogP contribution in [0, 0.1) is 5.92 Å². The summed E-state index contributed by atoms with van der Waals surface area (Å²) >= 11 is 0. The molecule has 2 nitrogen and oxygen atoms in total. The number of aliphatic hydroxyl groups is 1. The van der Waals surface area contributed by atoms with Crippen molar-refractivity contribution in [3.8, 4) is 0 Å². The van der Waals surface area contributed by atoms with Crippen LogP contribution in [0.25, 0.3) is 0 Å². The van der Waals surface area contributed by atoms with Gasteiger partial charge in [0.05, 0.1) is 6.10 Å². The van der Waals surface area contributed by atoms with E-state index in [9.17, 15) is 5.11 Å². The predicted octanol–water partition coefficient (Wildman–Crippen LogP) is 4.45. The molecule has 1 aromatic carbocycles. The third kappa shape index (κ3) is 5.80. The van der Waals surface area contributed by atoms with Crippen molar-refractivity contribution in [3.05, 3.63) is 35.9 Å². The first-order valence-corrected chi connectivity index (χ1v) is 8.76. The Morgan fingerprint density at radius 2 is 2.00 bits per heavy atom. The van der Waals surface area contributed by atoms with Gasteiger partial charge in [0.25, 0.3) is 0 Å². The molecule has 2 rings (SSSR count). The molecule has 0 saturated heterocycles. The Balaban J connectivity index is 1.86. The number of benzene rings is 1. The van der Waals surface area contributed by atoms with Crippen LogP contribution in [0.4, 0.5) is 0 Å². The molecule has 1 aromatic rings. The molecule has 0 heterocycles. The molecule has 1 aliphatic carbocycles. The molecule has 0 radical (unpaired) electrons. The smallest absolute Gasteiger partial charge is 0.0543 e. The predicted molar refractivity (Wildman–Crippen MR) is 89.3 cm³/mol. The van der Waals surface area contributed by atoms with Crippen molar-refractivity contribution in [2.75, 3.05) is 6.54 Å². The van der Waals surface area contributed by atoms with E-state index in [-0.39, 0.29) is 6.10 Å². The van der Waals surface area contributed by atoms with Crippen molar-refractivity contribution in [3.63, 3.8) is 0 Å². The van der Waals surface area contributed by atoms with Gasteiger partial charge in [0.1, 0.15) is 0 Å². The van der Waals surface area contributed by atoms with Gasteiger partial charge in [0, 0.05) is 6.04 Å². The molecule has 118 valence electrons. The molecule has 0 bridgehead atoms. The molecule has 0 aliphatic heterocycles. The number of aliphatic hydroxyl groups excluding tert-OH is 1. The summed E-state index contributed by atoms with van der Waals surface area (Å²) in [6.07, 6.45) is 9.44. The van der Waals surface area contributed by atoms with Crippen molar-refractivity contribution in [1.82, 2.24) is 5.32 Å². The van der Waals surface area contributed by atoms with Crippen molar-refractivity contribution in [2.24, 2.45) is 5.92 Å². The van der Waals surface area contributed by atoms with E-state index in [1.165, 1.54) is 44.1 Å². The highest BCUT2D eigenvalue weighted by atomic mass is 16.3. The summed E-state index contributed by atoms with van der Waals surface area (Å²) in [5, 5.41) is 13.6. The van der Waals surface area contributed by atoms with Crippen LogP contribution in [-0.2, 0) is 0 Å². The summed E-state index contributed by atoms with van der Waals surface area (Å²) in [4.78, 5) is 0. The molecule has 1 fully saturated rings. The van der Waals surface area contributed by atoms with Gasteiger partial charge in [-0.1, -0.05) is 62.9 Å². The van der Waals surface area contributed by atoms with Crippen LogP contribution in [0.2, 0.25) is 0 Å². The van der Waals surface area contributed by atoms with Crippen molar-refractivity contribution in [1.29, 1.82) is 0 Å². The van der Waals surface area contributed by atoms with Gasteiger partial charge in [-0.05, 0) is 43.7 Å². The van der Waals surface area contributed by atoms with Crippen LogP contribution >= 0.6 is 0 Å². The maximum Gasteiger partial charge on any atom is 0.0543 e. The van der Waals surface area contributed by atoms with Crippen LogP contribution in [0.1, 0.15) is 69.9 Å². The zero-order valence-electron chi connectivity index (χ0n) is 13.4. The SMILES string of the molecule is CCCCCC(NCC1CCCC(O)C1)c1ccccc1. The third-order valence-corrected chi connectivity index (χ3v) is 4.71. The van der Waals surface area contributed by atoms with Crippen LogP contribution < -0.4 is 5.32 Å². The quantitative estimate of drug-likeness (QED) is 0.693. The van der Waals surface area contributed by atoms with Gasteiger partial charge in [-0.25, -0.2) is 0 Å². The molecule has 3 unspecified atom stereocenters. The maximum atomic E-state index is 9.81. The lowest BCUT2D eigenvalue weighted by molar-refractivity contribution is 0.0994. The largest absolute Gasteiger partial charge is 0.393 e. The first-order valence-electron chi connectivity index (χ1n) is 8.76. The second-order valence-corrected chi connectivity index (χ2v) is 6.55. The van der Waals surface area contributed by atoms with E-state index in [0.29, 0.717) is 12.0 Å². The molecular formula is C19H31NO. The molecule has 2 N–H and O–H groups in total. The highest BCUT2D eigenvalue weighted by Gasteiger charge is 2.21. The van der Waals surface area contributed by atoms with Gasteiger partial charge in [-0.15, -0.1) is 0 Å². The van der Waals surface area contributed by atoms with Gasteiger partial charge in [0.15, 0.2) is 0 Å². The van der Waals surface area contributed by atoms with E-state index < -0.39 is 0 Å². The lowest BCUT2D eigenvalue weighted by Crippen LogP contribution is -2.31.